The Balaban J connectivity index is 2.33. The molecule has 0 spiro atoms. The Kier molecular flexibility index (Phi) is 17.6. The van der Waals surface area contributed by atoms with E-state index in [0.29, 0.717) is 11.3 Å². The highest BCUT2D eigenvalue weighted by molar-refractivity contribution is 6.42. The predicted molar refractivity (Wildman–Crippen MR) is 192 cm³/mol. The van der Waals surface area contributed by atoms with Gasteiger partial charge in [0.25, 0.3) is 5.91 Å². The summed E-state index contributed by atoms with van der Waals surface area (Å²) in [6, 6.07) is 4.30. The van der Waals surface area contributed by atoms with Gasteiger partial charge in [0.05, 0.1) is 31.6 Å². The Morgan fingerprint density at radius 2 is 1.40 bits per heavy atom. The normalized spacial score (nSPS) is 11.8. The Morgan fingerprint density at radius 1 is 0.840 bits per heavy atom. The molecule has 2 aromatic rings. The Morgan fingerprint density at radius 3 is 1.92 bits per heavy atom. The van der Waals surface area contributed by atoms with Crippen LogP contribution in [0.5, 0.6) is 11.5 Å². The molecule has 1 unspecified atom stereocenters. The molecule has 2 rings (SSSR count). The first kappa shape index (κ1) is 42.3. The molecular weight excluding hydrogens is 687 g/mol. The van der Waals surface area contributed by atoms with E-state index < -0.39 is 56.8 Å². The Labute approximate surface area is 304 Å². The Bertz CT molecular complexity index is 1470. The number of anilines is 2. The summed E-state index contributed by atoms with van der Waals surface area (Å²) in [5.41, 5.74) is -1.40. The lowest BCUT2D eigenvalue weighted by Gasteiger charge is -2.33. The highest BCUT2D eigenvalue weighted by atomic mass is 35.5. The van der Waals surface area contributed by atoms with Crippen LogP contribution in [-0.4, -0.2) is 55.9 Å². The topological polar surface area (TPSA) is 151 Å². The van der Waals surface area contributed by atoms with E-state index in [0.717, 1.165) is 31.4 Å². The van der Waals surface area contributed by atoms with Crippen molar-refractivity contribution in [1.29, 1.82) is 0 Å². The lowest BCUT2D eigenvalue weighted by atomic mass is 9.85. The van der Waals surface area contributed by atoms with E-state index in [2.05, 4.69) is 12.2 Å². The summed E-state index contributed by atoms with van der Waals surface area (Å²) in [6.07, 6.45) is 11.4. The van der Waals surface area contributed by atoms with Crippen LogP contribution in [0, 0.1) is 5.41 Å². The number of carbonyl (C=O) groups excluding carboxylic acids is 5. The minimum atomic E-state index is -1.99. The van der Waals surface area contributed by atoms with Crippen LogP contribution in [0.4, 0.5) is 11.4 Å². The molecule has 2 amide bonds. The molecule has 50 heavy (non-hydrogen) atoms. The standard InChI is InChI=1S/C37H50Cl2N2O9/c1-7-9-10-11-12-13-14-15-16-17-20-50-35(46)24-18-19-29(48-6)28(21-24)40-33(44)30(32(43)37(3,4)5)41(34(45)36(47)49-8-2)25-22-26(38)31(42)27(39)23-25/h18-19,21-23,30,42H,7-17,20H2,1-6H3,(H,40,44)/p-1. The summed E-state index contributed by atoms with van der Waals surface area (Å²) >= 11 is 12.1. The second-order valence-corrected chi connectivity index (χ2v) is 13.7. The van der Waals surface area contributed by atoms with Crippen molar-refractivity contribution in [2.75, 3.05) is 30.5 Å². The molecule has 13 heteroatoms. The van der Waals surface area contributed by atoms with E-state index >= 15 is 0 Å². The first-order valence-corrected chi connectivity index (χ1v) is 17.8. The minimum Gasteiger partial charge on any atom is -0.870 e. The van der Waals surface area contributed by atoms with E-state index in [9.17, 15) is 29.1 Å². The quantitative estimate of drug-likeness (QED) is 0.0663. The number of esters is 2. The van der Waals surface area contributed by atoms with Crippen molar-refractivity contribution in [3.05, 3.63) is 45.9 Å². The van der Waals surface area contributed by atoms with Gasteiger partial charge in [-0.25, -0.2) is 9.59 Å². The molecule has 0 aromatic heterocycles. The van der Waals surface area contributed by atoms with Crippen molar-refractivity contribution in [3.63, 3.8) is 0 Å². The van der Waals surface area contributed by atoms with Gasteiger partial charge in [0.1, 0.15) is 5.75 Å². The number of rotatable bonds is 19. The van der Waals surface area contributed by atoms with Crippen molar-refractivity contribution in [2.24, 2.45) is 5.41 Å². The zero-order valence-corrected chi connectivity index (χ0v) is 31.3. The number of hydrogen-bond acceptors (Lipinski definition) is 9. The molecule has 0 aliphatic heterocycles. The molecule has 1 atom stereocenters. The fourth-order valence-corrected chi connectivity index (χ4v) is 5.57. The fourth-order valence-electron chi connectivity index (χ4n) is 5.10. The van der Waals surface area contributed by atoms with Gasteiger partial charge >= 0.3 is 17.8 Å². The smallest absolute Gasteiger partial charge is 0.397 e. The summed E-state index contributed by atoms with van der Waals surface area (Å²) in [7, 11) is 1.34. The summed E-state index contributed by atoms with van der Waals surface area (Å²) in [5.74, 6) is -5.83. The van der Waals surface area contributed by atoms with E-state index in [-0.39, 0.29) is 35.9 Å². The molecule has 1 N–H and O–H groups in total. The summed E-state index contributed by atoms with van der Waals surface area (Å²) in [6.45, 7) is 8.29. The van der Waals surface area contributed by atoms with Crippen molar-refractivity contribution in [1.82, 2.24) is 0 Å². The van der Waals surface area contributed by atoms with Gasteiger partial charge in [0.15, 0.2) is 11.8 Å². The maximum absolute atomic E-state index is 14.1. The Hall–Kier alpha value is -3.83. The molecule has 0 aliphatic carbocycles. The predicted octanol–water partition coefficient (Wildman–Crippen LogP) is 7.67. The van der Waals surface area contributed by atoms with Crippen LogP contribution in [0.15, 0.2) is 30.3 Å². The number of carbonyl (C=O) groups is 5. The SMILES string of the molecule is CCCCCCCCCCCCOC(=O)c1ccc(OC)c(NC(=O)C(C(=O)C(C)(C)C)N(C(=O)C(=O)OCC)c2cc(Cl)c([O-])c(Cl)c2)c1. The van der Waals surface area contributed by atoms with Crippen LogP contribution < -0.4 is 20.1 Å². The number of Topliss-reactive ketones (excluding diaryl/α,β-unsaturated/α-hetero) is 1. The average Bonchev–Trinajstić information content (AvgIpc) is 3.07. The maximum atomic E-state index is 14.1. The second-order valence-electron chi connectivity index (χ2n) is 12.9. The number of nitrogens with one attached hydrogen (secondary N) is 1. The number of amides is 2. The van der Waals surface area contributed by atoms with Gasteiger partial charge in [-0.15, -0.1) is 0 Å². The van der Waals surface area contributed by atoms with Crippen LogP contribution in [0.1, 0.15) is 109 Å². The number of benzene rings is 2. The summed E-state index contributed by atoms with van der Waals surface area (Å²) in [4.78, 5) is 67.8. The first-order chi connectivity index (χ1) is 23.7. The van der Waals surface area contributed by atoms with Gasteiger partial charge in [-0.05, 0) is 43.7 Å². The molecule has 0 bridgehead atoms. The molecule has 276 valence electrons. The van der Waals surface area contributed by atoms with E-state index in [1.54, 1.807) is 0 Å². The van der Waals surface area contributed by atoms with Crippen molar-refractivity contribution in [3.8, 4) is 11.5 Å². The van der Waals surface area contributed by atoms with Crippen LogP contribution in [-0.2, 0) is 28.7 Å². The third-order valence-electron chi connectivity index (χ3n) is 7.85. The highest BCUT2D eigenvalue weighted by Crippen LogP contribution is 2.36. The monoisotopic (exact) mass is 735 g/mol. The molecule has 11 nitrogen and oxygen atoms in total. The molecule has 0 fully saturated rings. The van der Waals surface area contributed by atoms with Crippen LogP contribution >= 0.6 is 23.2 Å². The van der Waals surface area contributed by atoms with Crippen molar-refractivity contribution in [2.45, 2.75) is 105 Å². The van der Waals surface area contributed by atoms with Gasteiger partial charge in [0.2, 0.25) is 0 Å². The highest BCUT2D eigenvalue weighted by Gasteiger charge is 2.44. The average molecular weight is 737 g/mol. The second kappa shape index (κ2) is 20.7. The number of ether oxygens (including phenoxy) is 3. The number of ketones is 1. The van der Waals surface area contributed by atoms with Gasteiger partial charge < -0.3 is 24.6 Å². The van der Waals surface area contributed by atoms with E-state index in [4.69, 9.17) is 37.4 Å². The minimum absolute atomic E-state index is 0.00731. The molecule has 2 aromatic carbocycles. The van der Waals surface area contributed by atoms with Crippen LogP contribution in [0.25, 0.3) is 0 Å². The number of methoxy groups -OCH3 is 1. The third-order valence-corrected chi connectivity index (χ3v) is 8.41. The maximum Gasteiger partial charge on any atom is 0.397 e. The lowest BCUT2D eigenvalue weighted by molar-refractivity contribution is -0.268. The van der Waals surface area contributed by atoms with Crippen molar-refractivity contribution >= 4 is 64.1 Å². The number of unbranched alkanes of at least 4 members (excludes halogenated alkanes) is 9. The van der Waals surface area contributed by atoms with E-state index in [1.807, 2.05) is 0 Å². The number of halogens is 2. The molecule has 0 saturated carbocycles. The van der Waals surface area contributed by atoms with Crippen molar-refractivity contribution < 1.29 is 43.3 Å². The molecule has 0 heterocycles. The zero-order chi connectivity index (χ0) is 37.4. The molecule has 0 aliphatic rings. The number of nitrogens with zero attached hydrogens (tertiary/aromatic N) is 1. The van der Waals surface area contributed by atoms with Crippen LogP contribution in [0.2, 0.25) is 10.0 Å². The van der Waals surface area contributed by atoms with Gasteiger partial charge in [-0.3, -0.25) is 19.3 Å². The van der Waals surface area contributed by atoms with E-state index in [1.165, 1.54) is 91.5 Å². The zero-order valence-electron chi connectivity index (χ0n) is 29.8. The van der Waals surface area contributed by atoms with Gasteiger partial charge in [0, 0.05) is 21.1 Å². The molecule has 0 radical (unpaired) electrons. The third kappa shape index (κ3) is 12.5. The van der Waals surface area contributed by atoms with Gasteiger partial charge in [-0.1, -0.05) is 114 Å². The summed E-state index contributed by atoms with van der Waals surface area (Å²) in [5, 5.41) is 14.0. The molecule has 0 saturated heterocycles. The molecular formula is C37H49Cl2N2O9-. The van der Waals surface area contributed by atoms with Gasteiger partial charge in [-0.2, -0.15) is 0 Å². The fraction of sp³-hybridized carbons (Fsp3) is 0.541. The van der Waals surface area contributed by atoms with Crippen LogP contribution in [0.3, 0.4) is 0 Å². The summed E-state index contributed by atoms with van der Waals surface area (Å²) < 4.78 is 15.8. The lowest BCUT2D eigenvalue weighted by Crippen LogP contribution is -2.57. The number of hydrogen-bond donors (Lipinski definition) is 1. The first-order valence-electron chi connectivity index (χ1n) is 17.0. The largest absolute Gasteiger partial charge is 0.870 e.